The summed E-state index contributed by atoms with van der Waals surface area (Å²) in [6.07, 6.45) is 15.2. The van der Waals surface area contributed by atoms with E-state index in [1.807, 2.05) is 153 Å². The smallest absolute Gasteiger partial charge is 0.412 e. The Morgan fingerprint density at radius 2 is 0.735 bits per heavy atom. The minimum absolute atomic E-state index is 0.0532. The Kier molecular flexibility index (Phi) is 26.6. The second kappa shape index (κ2) is 34.9. The second-order valence-electron chi connectivity index (χ2n) is 30.2. The first-order valence-electron chi connectivity index (χ1n) is 35.0. The number of nitrogen functional groups attached to an aromatic ring is 1. The maximum atomic E-state index is 13.4. The summed E-state index contributed by atoms with van der Waals surface area (Å²) < 4.78 is 21.8. The van der Waals surface area contributed by atoms with E-state index in [0.29, 0.717) is 115 Å². The van der Waals surface area contributed by atoms with E-state index in [1.165, 1.54) is 12.4 Å². The lowest BCUT2D eigenvalue weighted by Crippen LogP contribution is -2.42. The predicted molar refractivity (Wildman–Crippen MR) is 390 cm³/mol. The van der Waals surface area contributed by atoms with Gasteiger partial charge >= 0.3 is 30.3 Å². The largest absolute Gasteiger partial charge is 0.478 e. The van der Waals surface area contributed by atoms with Crippen LogP contribution in [-0.2, 0) is 51.1 Å². The number of nitrogens with zero attached hydrogens (tertiary/aromatic N) is 9. The highest BCUT2D eigenvalue weighted by atomic mass is 16.6. The summed E-state index contributed by atoms with van der Waals surface area (Å²) in [4.78, 5) is 118. The number of amides is 4. The van der Waals surface area contributed by atoms with Crippen molar-refractivity contribution in [3.63, 3.8) is 0 Å². The first-order chi connectivity index (χ1) is 48.2. The van der Waals surface area contributed by atoms with Crippen molar-refractivity contribution in [3.8, 4) is 22.3 Å². The van der Waals surface area contributed by atoms with Crippen molar-refractivity contribution in [1.29, 1.82) is 0 Å². The highest BCUT2D eigenvalue weighted by molar-refractivity contribution is 5.99. The fourth-order valence-electron chi connectivity index (χ4n) is 11.7. The van der Waals surface area contributed by atoms with Gasteiger partial charge in [-0.15, -0.1) is 0 Å². The number of nitrogens with one attached hydrogen (secondary N) is 1. The van der Waals surface area contributed by atoms with Crippen LogP contribution in [0.15, 0.2) is 134 Å². The number of rotatable bonds is 16. The van der Waals surface area contributed by atoms with Gasteiger partial charge in [-0.3, -0.25) is 14.9 Å². The predicted octanol–water partition coefficient (Wildman–Crippen LogP) is 14.8. The van der Waals surface area contributed by atoms with Gasteiger partial charge in [0.25, 0.3) is 0 Å². The zero-order chi connectivity index (χ0) is 73.9. The van der Waals surface area contributed by atoms with Crippen molar-refractivity contribution < 1.29 is 57.6 Å². The first kappa shape index (κ1) is 77.5. The molecule has 0 saturated carbocycles. The monoisotopic (exact) mass is 1390 g/mol. The van der Waals surface area contributed by atoms with Crippen LogP contribution in [0.3, 0.4) is 0 Å². The van der Waals surface area contributed by atoms with Crippen LogP contribution in [0.25, 0.3) is 22.3 Å². The van der Waals surface area contributed by atoms with E-state index in [2.05, 4.69) is 35.2 Å². The lowest BCUT2D eigenvalue weighted by atomic mass is 9.93. The maximum Gasteiger partial charge on any atom is 0.412 e. The summed E-state index contributed by atoms with van der Waals surface area (Å²) >= 11 is 0. The molecule has 4 N–H and O–H groups in total. The standard InChI is InChI=1S/C34H42N4O5.C29H34N4O3.C16H23N3O4/c1-33(2,3)42-31(40)37-28-13-12-25(24-10-8-7-9-11-24)19-26(28)20-29(39)27-21-35-30(36-22-27)18-23-14-16-38(17-15-23)32(41)43-34(4,5)6;1-29(2,3)36-28(35)33-13-11-20(12-14-33)15-27-31-18-24(19-32-27)26(34)17-23-16-22(9-10-25(23)30)21-7-5-4-6-8-21;1-16(2,3)23-15(22)19-6-4-11(5-7-19)8-13-17-9-12(10-18-13)14(20)21/h7-13,19,21-23H,14-18,20H2,1-6H3,(H,37,40);4-10,16,18-20H,11-15,17,30H2,1-3H3;9-11H,4-8H2,1-3H3,(H,20,21). The number of aromatic nitrogens is 6. The Labute approximate surface area is 598 Å². The molecule has 0 bridgehead atoms. The number of ether oxygens (including phenoxy) is 4. The van der Waals surface area contributed by atoms with Gasteiger partial charge in [-0.2, -0.15) is 0 Å². The number of hydrogen-bond acceptors (Lipinski definition) is 18. The molecule has 23 heteroatoms. The fraction of sp³-hybridized carbons (Fsp3) is 0.456. The molecule has 542 valence electrons. The van der Waals surface area contributed by atoms with Gasteiger partial charge < -0.3 is 44.5 Å². The molecule has 3 aliphatic rings. The molecule has 0 atom stereocenters. The number of aromatic carboxylic acids is 1. The van der Waals surface area contributed by atoms with Gasteiger partial charge in [0.05, 0.1) is 16.7 Å². The summed E-state index contributed by atoms with van der Waals surface area (Å²) in [6, 6.07) is 31.3. The van der Waals surface area contributed by atoms with Crippen LogP contribution in [0.5, 0.6) is 0 Å². The second-order valence-corrected chi connectivity index (χ2v) is 30.2. The van der Waals surface area contributed by atoms with Crippen molar-refractivity contribution in [3.05, 3.63) is 180 Å². The molecule has 102 heavy (non-hydrogen) atoms. The molecule has 3 aromatic heterocycles. The van der Waals surface area contributed by atoms with Crippen molar-refractivity contribution in [1.82, 2.24) is 44.6 Å². The Bertz CT molecular complexity index is 3960. The first-order valence-corrected chi connectivity index (χ1v) is 35.0. The van der Waals surface area contributed by atoms with E-state index in [4.69, 9.17) is 29.8 Å². The van der Waals surface area contributed by atoms with Gasteiger partial charge in [-0.25, -0.2) is 53.9 Å². The summed E-state index contributed by atoms with van der Waals surface area (Å²) in [7, 11) is 0. The van der Waals surface area contributed by atoms with Crippen LogP contribution in [0, 0.1) is 17.8 Å². The average Bonchev–Trinajstić information content (AvgIpc) is 0.797. The van der Waals surface area contributed by atoms with E-state index < -0.39 is 34.5 Å². The van der Waals surface area contributed by atoms with Crippen LogP contribution in [0.2, 0.25) is 0 Å². The lowest BCUT2D eigenvalue weighted by Gasteiger charge is -2.33. The minimum Gasteiger partial charge on any atom is -0.478 e. The van der Waals surface area contributed by atoms with E-state index >= 15 is 0 Å². The number of carboxylic acid groups (broad SMARTS) is 1. The van der Waals surface area contributed by atoms with Crippen LogP contribution in [0.1, 0.15) is 181 Å². The van der Waals surface area contributed by atoms with Crippen LogP contribution in [0.4, 0.5) is 30.6 Å². The van der Waals surface area contributed by atoms with E-state index in [-0.39, 0.29) is 48.3 Å². The molecule has 4 aromatic carbocycles. The molecule has 0 aliphatic carbocycles. The Morgan fingerprint density at radius 3 is 1.07 bits per heavy atom. The number of Topliss-reactive ketones (excluding diaryl/α,β-unsaturated/α-hetero) is 2. The molecule has 6 heterocycles. The third kappa shape index (κ3) is 25.2. The Morgan fingerprint density at radius 1 is 0.422 bits per heavy atom. The van der Waals surface area contributed by atoms with Crippen LogP contribution in [-0.4, -0.2) is 153 Å². The van der Waals surface area contributed by atoms with Crippen molar-refractivity contribution in [2.45, 2.75) is 176 Å². The maximum absolute atomic E-state index is 13.4. The highest BCUT2D eigenvalue weighted by Crippen LogP contribution is 2.31. The zero-order valence-electron chi connectivity index (χ0n) is 61.0. The highest BCUT2D eigenvalue weighted by Gasteiger charge is 2.31. The summed E-state index contributed by atoms with van der Waals surface area (Å²) in [5, 5.41) is 11.6. The Balaban J connectivity index is 0.000000203. The summed E-state index contributed by atoms with van der Waals surface area (Å²) in [6.45, 7) is 26.1. The van der Waals surface area contributed by atoms with Crippen molar-refractivity contribution in [2.75, 3.05) is 50.3 Å². The number of benzene rings is 4. The third-order valence-corrected chi connectivity index (χ3v) is 17.0. The van der Waals surface area contributed by atoms with Gasteiger partial charge in [0, 0.05) is 120 Å². The number of nitrogens with two attached hydrogens (primary N) is 1. The molecule has 0 radical (unpaired) electrons. The van der Waals surface area contributed by atoms with E-state index in [9.17, 15) is 33.6 Å². The molecule has 7 aromatic rings. The number of carbonyl (C=O) groups excluding carboxylic acids is 6. The fourth-order valence-corrected chi connectivity index (χ4v) is 11.7. The number of likely N-dealkylation sites (tertiary alicyclic amines) is 3. The van der Waals surface area contributed by atoms with E-state index in [0.717, 1.165) is 72.8 Å². The minimum atomic E-state index is -1.03. The van der Waals surface area contributed by atoms with Crippen molar-refractivity contribution >= 4 is 53.3 Å². The normalized spacial score (nSPS) is 14.8. The molecule has 3 fully saturated rings. The number of carboxylic acids is 1. The van der Waals surface area contributed by atoms with Gasteiger partial charge in [-0.05, 0) is 197 Å². The van der Waals surface area contributed by atoms with Gasteiger partial charge in [0.15, 0.2) is 11.6 Å². The van der Waals surface area contributed by atoms with Gasteiger partial charge in [0.1, 0.15) is 39.9 Å². The molecule has 0 unspecified atom stereocenters. The average molecular weight is 1390 g/mol. The number of hydrogen-bond donors (Lipinski definition) is 3. The SMILES string of the molecule is CC(C)(C)OC(=O)N1CCC(Cc2ncc(C(=O)Cc3cc(-c4ccccc4)ccc3N)cn2)CC1.CC(C)(C)OC(=O)N1CCC(Cc2ncc(C(=O)O)cn2)CC1.CC(C)(C)OC(=O)Nc1ccc(-c2ccccc2)cc1CC(=O)c1cnc(CC2CCN(C(=O)OC(C)(C)C)CC2)nc1. The number of ketones is 2. The molecular formula is C79H99N11O12. The molecule has 4 amide bonds. The lowest BCUT2D eigenvalue weighted by molar-refractivity contribution is 0.0173. The number of carbonyl (C=O) groups is 7. The molecular weight excluding hydrogens is 1290 g/mol. The quantitative estimate of drug-likeness (QED) is 0.0460. The number of piperidine rings is 3. The van der Waals surface area contributed by atoms with E-state index in [1.54, 1.807) is 66.3 Å². The van der Waals surface area contributed by atoms with Crippen LogP contribution < -0.4 is 11.1 Å². The summed E-state index contributed by atoms with van der Waals surface area (Å²) in [5.41, 5.74) is 11.6. The molecule has 0 spiro atoms. The topological polar surface area (TPSA) is 302 Å². The van der Waals surface area contributed by atoms with Gasteiger partial charge in [0.2, 0.25) is 0 Å². The summed E-state index contributed by atoms with van der Waals surface area (Å²) in [5.74, 6) is 1.92. The van der Waals surface area contributed by atoms with Crippen LogP contribution >= 0.6 is 0 Å². The zero-order valence-corrected chi connectivity index (χ0v) is 61.0. The van der Waals surface area contributed by atoms with Crippen molar-refractivity contribution in [2.24, 2.45) is 17.8 Å². The van der Waals surface area contributed by atoms with Gasteiger partial charge in [-0.1, -0.05) is 72.8 Å². The molecule has 23 nitrogen and oxygen atoms in total. The Hall–Kier alpha value is -10.2. The molecule has 3 saturated heterocycles. The molecule has 3 aliphatic heterocycles. The number of anilines is 2. The molecule has 10 rings (SSSR count). The third-order valence-electron chi connectivity index (χ3n) is 17.0.